The molecule has 0 aliphatic carbocycles. The van der Waals surface area contributed by atoms with E-state index in [0.29, 0.717) is 17.0 Å². The van der Waals surface area contributed by atoms with Crippen molar-refractivity contribution in [2.75, 3.05) is 24.3 Å². The minimum atomic E-state index is -0.947. The third-order valence-electron chi connectivity index (χ3n) is 3.07. The number of fused-ring (bicyclic) bond motifs is 1. The molecule has 2 aromatic rings. The van der Waals surface area contributed by atoms with E-state index >= 15 is 0 Å². The number of nitrogen functional groups attached to an aromatic ring is 1. The fourth-order valence-electron chi connectivity index (χ4n) is 2.04. The van der Waals surface area contributed by atoms with Crippen LogP contribution in [0.15, 0.2) is 30.3 Å². The SMILES string of the molecule is CSCC(C)(O)CNC(=O)c1cc(N)c2ccccc2n1. The average Bonchev–Trinajstić information content (AvgIpc) is 2.45. The summed E-state index contributed by atoms with van der Waals surface area (Å²) in [5.74, 6) is 0.203. The van der Waals surface area contributed by atoms with E-state index in [1.165, 1.54) is 11.8 Å². The molecule has 1 atom stereocenters. The third-order valence-corrected chi connectivity index (χ3v) is 3.98. The number of benzene rings is 1. The maximum atomic E-state index is 12.1. The van der Waals surface area contributed by atoms with Crippen molar-refractivity contribution < 1.29 is 9.90 Å². The molecule has 0 fully saturated rings. The van der Waals surface area contributed by atoms with Gasteiger partial charge in [-0.3, -0.25) is 4.79 Å². The Bertz CT molecular complexity index is 658. The Morgan fingerprint density at radius 2 is 2.19 bits per heavy atom. The second kappa shape index (κ2) is 6.32. The number of hydrogen-bond acceptors (Lipinski definition) is 5. The Balaban J connectivity index is 2.16. The Hall–Kier alpha value is -1.79. The lowest BCUT2D eigenvalue weighted by atomic mass is 10.1. The molecular formula is C15H19N3O2S. The maximum Gasteiger partial charge on any atom is 0.270 e. The van der Waals surface area contributed by atoms with E-state index < -0.39 is 5.60 Å². The number of rotatable bonds is 5. The number of nitrogens with zero attached hydrogens (tertiary/aromatic N) is 1. The lowest BCUT2D eigenvalue weighted by Gasteiger charge is -2.22. The topological polar surface area (TPSA) is 88.2 Å². The Labute approximate surface area is 127 Å². The van der Waals surface area contributed by atoms with Crippen LogP contribution in [0.3, 0.4) is 0 Å². The smallest absolute Gasteiger partial charge is 0.270 e. The highest BCUT2D eigenvalue weighted by atomic mass is 32.2. The number of nitrogens with two attached hydrogens (primary N) is 1. The number of para-hydroxylation sites is 1. The van der Waals surface area contributed by atoms with Crippen LogP contribution in [0.4, 0.5) is 5.69 Å². The number of thioether (sulfide) groups is 1. The van der Waals surface area contributed by atoms with Gasteiger partial charge in [-0.15, -0.1) is 0 Å². The second-order valence-electron chi connectivity index (χ2n) is 5.23. The summed E-state index contributed by atoms with van der Waals surface area (Å²) in [5.41, 5.74) is 6.46. The van der Waals surface area contributed by atoms with Crippen LogP contribution in [0.5, 0.6) is 0 Å². The molecule has 0 radical (unpaired) electrons. The third kappa shape index (κ3) is 3.86. The molecular weight excluding hydrogens is 286 g/mol. The van der Waals surface area contributed by atoms with Gasteiger partial charge in [0.15, 0.2) is 0 Å². The van der Waals surface area contributed by atoms with Crippen LogP contribution in [0.1, 0.15) is 17.4 Å². The molecule has 0 saturated carbocycles. The van der Waals surface area contributed by atoms with Gasteiger partial charge in [0.25, 0.3) is 5.91 Å². The van der Waals surface area contributed by atoms with Crippen LogP contribution in [0, 0.1) is 0 Å². The molecule has 0 saturated heterocycles. The van der Waals surface area contributed by atoms with Crippen LogP contribution in [0.2, 0.25) is 0 Å². The van der Waals surface area contributed by atoms with Gasteiger partial charge >= 0.3 is 0 Å². The van der Waals surface area contributed by atoms with Crippen molar-refractivity contribution in [2.45, 2.75) is 12.5 Å². The molecule has 1 amide bonds. The summed E-state index contributed by atoms with van der Waals surface area (Å²) in [6.45, 7) is 1.85. The molecule has 0 bridgehead atoms. The molecule has 1 unspecified atom stereocenters. The van der Waals surface area contributed by atoms with E-state index in [1.54, 1.807) is 13.0 Å². The molecule has 1 aromatic heterocycles. The zero-order chi connectivity index (χ0) is 15.5. The summed E-state index contributed by atoms with van der Waals surface area (Å²) in [6, 6.07) is 8.95. The van der Waals surface area contributed by atoms with E-state index in [1.807, 2.05) is 30.5 Å². The number of pyridine rings is 1. The molecule has 112 valence electrons. The number of carbonyl (C=O) groups excluding carboxylic acids is 1. The van der Waals surface area contributed by atoms with Gasteiger partial charge in [0.05, 0.1) is 11.1 Å². The zero-order valence-electron chi connectivity index (χ0n) is 12.1. The van der Waals surface area contributed by atoms with Crippen molar-refractivity contribution in [2.24, 2.45) is 0 Å². The summed E-state index contributed by atoms with van der Waals surface area (Å²) in [7, 11) is 0. The molecule has 5 nitrogen and oxygen atoms in total. The lowest BCUT2D eigenvalue weighted by molar-refractivity contribution is 0.0722. The van der Waals surface area contributed by atoms with Gasteiger partial charge in [-0.1, -0.05) is 18.2 Å². The normalized spacial score (nSPS) is 13.9. The van der Waals surface area contributed by atoms with E-state index in [0.717, 1.165) is 5.39 Å². The monoisotopic (exact) mass is 305 g/mol. The van der Waals surface area contributed by atoms with Gasteiger partial charge in [0, 0.05) is 23.4 Å². The van der Waals surface area contributed by atoms with Gasteiger partial charge in [-0.25, -0.2) is 4.98 Å². The minimum absolute atomic E-state index is 0.168. The molecule has 0 spiro atoms. The lowest BCUT2D eigenvalue weighted by Crippen LogP contribution is -2.42. The molecule has 4 N–H and O–H groups in total. The standard InChI is InChI=1S/C15H19N3O2S/c1-15(20,9-21-2)8-17-14(19)13-7-11(16)10-5-3-4-6-12(10)18-13/h3-7,20H,8-9H2,1-2H3,(H2,16,18)(H,17,19). The predicted molar refractivity (Wildman–Crippen MR) is 87.5 cm³/mol. The van der Waals surface area contributed by atoms with Crippen molar-refractivity contribution in [3.8, 4) is 0 Å². The van der Waals surface area contributed by atoms with E-state index in [4.69, 9.17) is 5.73 Å². The van der Waals surface area contributed by atoms with Crippen LogP contribution in [-0.2, 0) is 0 Å². The second-order valence-corrected chi connectivity index (χ2v) is 6.09. The van der Waals surface area contributed by atoms with Gasteiger partial charge in [0.2, 0.25) is 0 Å². The van der Waals surface area contributed by atoms with Gasteiger partial charge in [-0.2, -0.15) is 11.8 Å². The van der Waals surface area contributed by atoms with E-state index in [9.17, 15) is 9.90 Å². The number of aromatic nitrogens is 1. The predicted octanol–water partition coefficient (Wildman–Crippen LogP) is 1.66. The first-order chi connectivity index (χ1) is 9.93. The number of hydrogen-bond donors (Lipinski definition) is 3. The van der Waals surface area contributed by atoms with Crippen molar-refractivity contribution in [3.05, 3.63) is 36.0 Å². The highest BCUT2D eigenvalue weighted by Gasteiger charge is 2.21. The Morgan fingerprint density at radius 1 is 1.48 bits per heavy atom. The molecule has 21 heavy (non-hydrogen) atoms. The summed E-state index contributed by atoms with van der Waals surface area (Å²) in [4.78, 5) is 16.4. The molecule has 0 aliphatic heterocycles. The van der Waals surface area contributed by atoms with Crippen molar-refractivity contribution in [1.82, 2.24) is 10.3 Å². The summed E-state index contributed by atoms with van der Waals surface area (Å²) >= 11 is 1.52. The fourth-order valence-corrected chi connectivity index (χ4v) is 2.77. The number of aliphatic hydroxyl groups is 1. The van der Waals surface area contributed by atoms with Crippen LogP contribution < -0.4 is 11.1 Å². The molecule has 0 aliphatic rings. The molecule has 1 heterocycles. The quantitative estimate of drug-likeness (QED) is 0.782. The molecule has 6 heteroatoms. The summed E-state index contributed by atoms with van der Waals surface area (Å²) in [5, 5.41) is 13.6. The highest BCUT2D eigenvalue weighted by molar-refractivity contribution is 7.98. The van der Waals surface area contributed by atoms with Gasteiger partial charge in [-0.05, 0) is 25.3 Å². The van der Waals surface area contributed by atoms with Crippen LogP contribution >= 0.6 is 11.8 Å². The van der Waals surface area contributed by atoms with Gasteiger partial charge in [0.1, 0.15) is 5.69 Å². The number of anilines is 1. The Kier molecular flexibility index (Phi) is 4.69. The van der Waals surface area contributed by atoms with Crippen molar-refractivity contribution in [3.63, 3.8) is 0 Å². The largest absolute Gasteiger partial charge is 0.398 e. The maximum absolute atomic E-state index is 12.1. The van der Waals surface area contributed by atoms with Crippen LogP contribution in [0.25, 0.3) is 10.9 Å². The first kappa shape index (κ1) is 15.6. The molecule has 2 rings (SSSR count). The summed E-state index contributed by atoms with van der Waals surface area (Å²) in [6.07, 6.45) is 1.90. The average molecular weight is 305 g/mol. The van der Waals surface area contributed by atoms with Crippen LogP contribution in [-0.4, -0.2) is 40.2 Å². The highest BCUT2D eigenvalue weighted by Crippen LogP contribution is 2.20. The van der Waals surface area contributed by atoms with Gasteiger partial charge < -0.3 is 16.2 Å². The first-order valence-corrected chi connectivity index (χ1v) is 7.97. The van der Waals surface area contributed by atoms with Crippen molar-refractivity contribution in [1.29, 1.82) is 0 Å². The fraction of sp³-hybridized carbons (Fsp3) is 0.333. The van der Waals surface area contributed by atoms with E-state index in [2.05, 4.69) is 10.3 Å². The minimum Gasteiger partial charge on any atom is -0.398 e. The number of carbonyl (C=O) groups is 1. The zero-order valence-corrected chi connectivity index (χ0v) is 12.9. The Morgan fingerprint density at radius 3 is 2.90 bits per heavy atom. The van der Waals surface area contributed by atoms with Crippen molar-refractivity contribution >= 4 is 34.3 Å². The first-order valence-electron chi connectivity index (χ1n) is 6.58. The number of amides is 1. The number of nitrogens with one attached hydrogen (secondary N) is 1. The summed E-state index contributed by atoms with van der Waals surface area (Å²) < 4.78 is 0. The molecule has 1 aromatic carbocycles. The van der Waals surface area contributed by atoms with E-state index in [-0.39, 0.29) is 18.1 Å².